The third-order valence-corrected chi connectivity index (χ3v) is 4.10. The lowest BCUT2D eigenvalue weighted by Gasteiger charge is -2.28. The third-order valence-electron chi connectivity index (χ3n) is 3.17. The number of nitrogens with one attached hydrogen (secondary N) is 1. The van der Waals surface area contributed by atoms with Crippen LogP contribution in [0.1, 0.15) is 31.6 Å². The van der Waals surface area contributed by atoms with Gasteiger partial charge in [-0.05, 0) is 37.9 Å². The molecule has 1 heterocycles. The summed E-state index contributed by atoms with van der Waals surface area (Å²) in [5.41, 5.74) is 0. The van der Waals surface area contributed by atoms with E-state index in [4.69, 9.17) is 0 Å². The summed E-state index contributed by atoms with van der Waals surface area (Å²) in [7, 11) is 2.26. The average molecular weight is 254 g/mol. The highest BCUT2D eigenvalue weighted by atomic mass is 32.1. The summed E-state index contributed by atoms with van der Waals surface area (Å²) in [4.78, 5) is 4.00. The van der Waals surface area contributed by atoms with Crippen molar-refractivity contribution in [2.75, 3.05) is 26.7 Å². The molecule has 0 bridgehead atoms. The molecule has 0 aliphatic carbocycles. The van der Waals surface area contributed by atoms with E-state index in [0.717, 1.165) is 19.6 Å². The molecule has 0 saturated heterocycles. The van der Waals surface area contributed by atoms with Crippen molar-refractivity contribution in [3.05, 3.63) is 22.4 Å². The topological polar surface area (TPSA) is 15.3 Å². The van der Waals surface area contributed by atoms with Crippen LogP contribution in [-0.2, 0) is 6.42 Å². The molecule has 0 aliphatic rings. The van der Waals surface area contributed by atoms with Crippen LogP contribution in [0, 0.1) is 0 Å². The maximum atomic E-state index is 3.47. The molecular weight excluding hydrogens is 228 g/mol. The van der Waals surface area contributed by atoms with E-state index in [1.54, 1.807) is 0 Å². The van der Waals surface area contributed by atoms with Crippen molar-refractivity contribution >= 4 is 11.3 Å². The fourth-order valence-electron chi connectivity index (χ4n) is 2.05. The summed E-state index contributed by atoms with van der Waals surface area (Å²) in [6.45, 7) is 7.79. The highest BCUT2D eigenvalue weighted by Crippen LogP contribution is 2.11. The van der Waals surface area contributed by atoms with Crippen LogP contribution in [0.4, 0.5) is 0 Å². The van der Waals surface area contributed by atoms with Crippen LogP contribution >= 0.6 is 11.3 Å². The van der Waals surface area contributed by atoms with Gasteiger partial charge in [0, 0.05) is 24.0 Å². The standard InChI is InChI=1S/C14H26N2S/c1-4-7-13(12-15-5-2)16(3)10-9-14-8-6-11-17-14/h6,8,11,13,15H,4-5,7,9-10,12H2,1-3H3. The Labute approximate surface area is 110 Å². The van der Waals surface area contributed by atoms with Crippen LogP contribution in [0.15, 0.2) is 17.5 Å². The summed E-state index contributed by atoms with van der Waals surface area (Å²) < 4.78 is 0. The predicted molar refractivity (Wildman–Crippen MR) is 77.9 cm³/mol. The van der Waals surface area contributed by atoms with Gasteiger partial charge in [-0.3, -0.25) is 0 Å². The van der Waals surface area contributed by atoms with Crippen molar-refractivity contribution in [3.8, 4) is 0 Å². The first-order valence-corrected chi connectivity index (χ1v) is 7.59. The Bertz CT molecular complexity index is 272. The molecule has 1 rings (SSSR count). The first kappa shape index (κ1) is 14.7. The van der Waals surface area contributed by atoms with Crippen molar-refractivity contribution < 1.29 is 0 Å². The number of likely N-dealkylation sites (N-methyl/N-ethyl adjacent to an activating group) is 2. The van der Waals surface area contributed by atoms with Crippen molar-refractivity contribution in [3.63, 3.8) is 0 Å². The predicted octanol–water partition coefficient (Wildman–Crippen LogP) is 3.00. The molecule has 1 unspecified atom stereocenters. The van der Waals surface area contributed by atoms with Crippen LogP contribution < -0.4 is 5.32 Å². The van der Waals surface area contributed by atoms with E-state index < -0.39 is 0 Å². The molecule has 0 saturated carbocycles. The minimum Gasteiger partial charge on any atom is -0.315 e. The lowest BCUT2D eigenvalue weighted by atomic mass is 10.1. The van der Waals surface area contributed by atoms with Gasteiger partial charge >= 0.3 is 0 Å². The summed E-state index contributed by atoms with van der Waals surface area (Å²) in [6.07, 6.45) is 3.73. The summed E-state index contributed by atoms with van der Waals surface area (Å²) >= 11 is 1.87. The minimum atomic E-state index is 0.680. The highest BCUT2D eigenvalue weighted by Gasteiger charge is 2.12. The molecule has 1 N–H and O–H groups in total. The summed E-state index contributed by atoms with van der Waals surface area (Å²) in [5, 5.41) is 5.63. The van der Waals surface area contributed by atoms with Gasteiger partial charge in [-0.2, -0.15) is 0 Å². The summed E-state index contributed by atoms with van der Waals surface area (Å²) in [5.74, 6) is 0. The number of hydrogen-bond acceptors (Lipinski definition) is 3. The SMILES string of the molecule is CCCC(CNCC)N(C)CCc1cccs1. The van der Waals surface area contributed by atoms with Gasteiger partial charge < -0.3 is 10.2 Å². The highest BCUT2D eigenvalue weighted by molar-refractivity contribution is 7.09. The van der Waals surface area contributed by atoms with E-state index in [9.17, 15) is 0 Å². The molecule has 1 atom stereocenters. The van der Waals surface area contributed by atoms with E-state index in [1.165, 1.54) is 24.1 Å². The van der Waals surface area contributed by atoms with Crippen LogP contribution in [0.5, 0.6) is 0 Å². The van der Waals surface area contributed by atoms with Gasteiger partial charge in [0.2, 0.25) is 0 Å². The fraction of sp³-hybridized carbons (Fsp3) is 0.714. The van der Waals surface area contributed by atoms with Gasteiger partial charge in [0.1, 0.15) is 0 Å². The van der Waals surface area contributed by atoms with Crippen molar-refractivity contribution in [2.24, 2.45) is 0 Å². The molecule has 3 heteroatoms. The van der Waals surface area contributed by atoms with Gasteiger partial charge in [-0.15, -0.1) is 11.3 Å². The maximum absolute atomic E-state index is 3.47. The van der Waals surface area contributed by atoms with Gasteiger partial charge in [-0.1, -0.05) is 26.3 Å². The van der Waals surface area contributed by atoms with Crippen LogP contribution in [-0.4, -0.2) is 37.6 Å². The smallest absolute Gasteiger partial charge is 0.0217 e. The molecule has 0 aliphatic heterocycles. The Morgan fingerprint density at radius 3 is 2.82 bits per heavy atom. The number of thiophene rings is 1. The lowest BCUT2D eigenvalue weighted by molar-refractivity contribution is 0.226. The number of rotatable bonds is 9. The Morgan fingerprint density at radius 2 is 2.24 bits per heavy atom. The van der Waals surface area contributed by atoms with Gasteiger partial charge in [0.25, 0.3) is 0 Å². The van der Waals surface area contributed by atoms with Crippen molar-refractivity contribution in [2.45, 2.75) is 39.2 Å². The van der Waals surface area contributed by atoms with Crippen LogP contribution in [0.2, 0.25) is 0 Å². The quantitative estimate of drug-likeness (QED) is 0.729. The second kappa shape index (κ2) is 8.67. The Balaban J connectivity index is 2.32. The van der Waals surface area contributed by atoms with Gasteiger partial charge in [0.05, 0.1) is 0 Å². The van der Waals surface area contributed by atoms with Gasteiger partial charge in [-0.25, -0.2) is 0 Å². The molecule has 0 aromatic carbocycles. The zero-order chi connectivity index (χ0) is 12.5. The molecule has 2 nitrogen and oxygen atoms in total. The molecule has 0 radical (unpaired) electrons. The van der Waals surface area contributed by atoms with Crippen molar-refractivity contribution in [1.82, 2.24) is 10.2 Å². The second-order valence-electron chi connectivity index (χ2n) is 4.56. The zero-order valence-corrected chi connectivity index (χ0v) is 12.2. The Kier molecular flexibility index (Phi) is 7.49. The molecule has 0 amide bonds. The van der Waals surface area contributed by atoms with Gasteiger partial charge in [0.15, 0.2) is 0 Å². The molecule has 17 heavy (non-hydrogen) atoms. The van der Waals surface area contributed by atoms with Crippen molar-refractivity contribution in [1.29, 1.82) is 0 Å². The maximum Gasteiger partial charge on any atom is 0.0217 e. The van der Waals surface area contributed by atoms with E-state index in [2.05, 4.69) is 48.6 Å². The average Bonchev–Trinajstić information content (AvgIpc) is 2.84. The monoisotopic (exact) mass is 254 g/mol. The zero-order valence-electron chi connectivity index (χ0n) is 11.4. The third kappa shape index (κ3) is 5.66. The first-order chi connectivity index (χ1) is 8.27. The van der Waals surface area contributed by atoms with Crippen LogP contribution in [0.25, 0.3) is 0 Å². The number of nitrogens with zero attached hydrogens (tertiary/aromatic N) is 1. The molecule has 1 aromatic rings. The molecule has 0 spiro atoms. The normalized spacial score (nSPS) is 13.2. The first-order valence-electron chi connectivity index (χ1n) is 6.71. The lowest BCUT2D eigenvalue weighted by Crippen LogP contribution is -2.40. The Hall–Kier alpha value is -0.380. The largest absolute Gasteiger partial charge is 0.315 e. The second-order valence-corrected chi connectivity index (χ2v) is 5.59. The fourth-order valence-corrected chi connectivity index (χ4v) is 2.74. The van der Waals surface area contributed by atoms with E-state index >= 15 is 0 Å². The molecule has 98 valence electrons. The molecular formula is C14H26N2S. The molecule has 1 aromatic heterocycles. The van der Waals surface area contributed by atoms with E-state index in [1.807, 2.05) is 11.3 Å². The summed E-state index contributed by atoms with van der Waals surface area (Å²) in [6, 6.07) is 5.06. The molecule has 0 fully saturated rings. The number of hydrogen-bond donors (Lipinski definition) is 1. The van der Waals surface area contributed by atoms with E-state index in [0.29, 0.717) is 6.04 Å². The van der Waals surface area contributed by atoms with E-state index in [-0.39, 0.29) is 0 Å². The Morgan fingerprint density at radius 1 is 1.41 bits per heavy atom. The van der Waals surface area contributed by atoms with Crippen LogP contribution in [0.3, 0.4) is 0 Å². The minimum absolute atomic E-state index is 0.680.